The molecule has 41 heavy (non-hydrogen) atoms. The minimum atomic E-state index is -1.48. The van der Waals surface area contributed by atoms with Crippen LogP contribution in [0.5, 0.6) is 0 Å². The molecule has 0 spiro atoms. The van der Waals surface area contributed by atoms with Gasteiger partial charge in [-0.15, -0.1) is 28.2 Å². The highest BCUT2D eigenvalue weighted by atomic mass is 32.2. The first-order valence-corrected chi connectivity index (χ1v) is 15.2. The molecule has 222 valence electrons. The van der Waals surface area contributed by atoms with Gasteiger partial charge < -0.3 is 24.8 Å². The average Bonchev–Trinajstić information content (AvgIpc) is 3.56. The molecule has 3 N–H and O–H groups in total. The van der Waals surface area contributed by atoms with Gasteiger partial charge in [0.2, 0.25) is 17.2 Å². The number of aryl methyl sites for hydroxylation is 1. The van der Waals surface area contributed by atoms with Crippen molar-refractivity contribution in [2.45, 2.75) is 55.5 Å². The van der Waals surface area contributed by atoms with Crippen LogP contribution < -0.4 is 10.6 Å². The molecule has 2 aromatic rings. The number of aromatic nitrogens is 5. The molecule has 0 aliphatic carbocycles. The number of anilines is 1. The van der Waals surface area contributed by atoms with Crippen molar-refractivity contribution in [3.05, 3.63) is 11.1 Å². The molecule has 3 amide bonds. The molecule has 2 aliphatic rings. The van der Waals surface area contributed by atoms with Crippen LogP contribution in [-0.4, -0.2) is 101 Å². The summed E-state index contributed by atoms with van der Waals surface area (Å²) in [5.74, 6) is -1.99. The molecule has 4 atom stereocenters. The minimum absolute atomic E-state index is 0.0461. The van der Waals surface area contributed by atoms with Gasteiger partial charge in [0.1, 0.15) is 28.1 Å². The van der Waals surface area contributed by atoms with E-state index >= 15 is 0 Å². The minimum Gasteiger partial charge on any atom is -0.481 e. The summed E-state index contributed by atoms with van der Waals surface area (Å²) < 4.78 is 11.7. The first-order valence-electron chi connectivity index (χ1n) is 12.3. The van der Waals surface area contributed by atoms with E-state index in [1.54, 1.807) is 20.9 Å². The molecule has 0 radical (unpaired) electrons. The number of thiazole rings is 1. The molecule has 19 heteroatoms. The Bertz CT molecular complexity index is 1340. The summed E-state index contributed by atoms with van der Waals surface area (Å²) in [7, 11) is 1.64. The number of fused-ring (bicyclic) bond motifs is 1. The normalized spacial score (nSPS) is 22.6. The number of thioether (sulfide) groups is 2. The Hall–Kier alpha value is -3.45. The Morgan fingerprint density at radius 2 is 2.15 bits per heavy atom. The van der Waals surface area contributed by atoms with E-state index in [-0.39, 0.29) is 35.3 Å². The third kappa shape index (κ3) is 6.56. The van der Waals surface area contributed by atoms with Crippen LogP contribution in [0, 0.1) is 5.41 Å². The van der Waals surface area contributed by atoms with E-state index in [9.17, 15) is 29.1 Å². The van der Waals surface area contributed by atoms with Gasteiger partial charge in [0.05, 0.1) is 0 Å². The topological polar surface area (TPSA) is 208 Å². The molecular formula is C22H28N8O8S3. The van der Waals surface area contributed by atoms with Crippen LogP contribution in [0.15, 0.2) is 10.5 Å². The molecule has 4 heterocycles. The van der Waals surface area contributed by atoms with E-state index in [4.69, 9.17) is 9.47 Å². The van der Waals surface area contributed by atoms with Crippen molar-refractivity contribution in [3.63, 3.8) is 0 Å². The summed E-state index contributed by atoms with van der Waals surface area (Å²) >= 11 is 3.41. The highest BCUT2D eigenvalue weighted by Gasteiger charge is 2.57. The third-order valence-corrected chi connectivity index (χ3v) is 10.3. The SMILES string of the molecule is CCC(C)(C)OC(=O)Nc1nc(C(OC=O)C(=O)NC2C(=O)N3CC(CSc4nnnn4C)(C(=O)O)CS[C@H]23)cs1. The van der Waals surface area contributed by atoms with Crippen molar-refractivity contribution >= 4 is 70.3 Å². The maximum Gasteiger partial charge on any atom is 0.413 e. The van der Waals surface area contributed by atoms with E-state index in [0.717, 1.165) is 11.3 Å². The molecule has 0 saturated carbocycles. The first-order chi connectivity index (χ1) is 19.4. The van der Waals surface area contributed by atoms with Gasteiger partial charge in [-0.25, -0.2) is 14.5 Å². The number of hydrogen-bond donors (Lipinski definition) is 3. The molecule has 2 aromatic heterocycles. The zero-order valence-corrected chi connectivity index (χ0v) is 24.9. The van der Waals surface area contributed by atoms with Gasteiger partial charge in [-0.1, -0.05) is 18.7 Å². The lowest BCUT2D eigenvalue weighted by Gasteiger charge is -2.53. The van der Waals surface area contributed by atoms with E-state index in [0.29, 0.717) is 11.6 Å². The molecule has 16 nitrogen and oxygen atoms in total. The number of nitrogens with one attached hydrogen (secondary N) is 2. The Kier molecular flexibility index (Phi) is 9.07. The largest absolute Gasteiger partial charge is 0.481 e. The fourth-order valence-electron chi connectivity index (χ4n) is 3.90. The summed E-state index contributed by atoms with van der Waals surface area (Å²) in [5.41, 5.74) is -1.89. The van der Waals surface area contributed by atoms with Crippen molar-refractivity contribution in [3.8, 4) is 0 Å². The molecule has 0 bridgehead atoms. The smallest absolute Gasteiger partial charge is 0.413 e. The van der Waals surface area contributed by atoms with Crippen LogP contribution in [0.2, 0.25) is 0 Å². The quantitative estimate of drug-likeness (QED) is 0.169. The number of carbonyl (C=O) groups excluding carboxylic acids is 4. The molecule has 3 unspecified atom stereocenters. The molecule has 0 aromatic carbocycles. The number of ether oxygens (including phenoxy) is 2. The second kappa shape index (κ2) is 12.2. The standard InChI is InChI=1S/C22H28N8O8S3/c1-5-21(2,3)38-20(36)25-18-23-11(6-39-18)13(37-10-31)14(32)24-12-15(33)30-7-22(17(34)35,8-40-16(12)30)9-41-19-26-27-28-29(19)4/h6,10,12-13,16H,5,7-9H2,1-4H3,(H,24,32)(H,34,35)(H,23,25,36)/t12?,13?,16-,22?/m1/s1. The molecule has 2 aliphatic heterocycles. The molecule has 2 fully saturated rings. The summed E-state index contributed by atoms with van der Waals surface area (Å²) in [5, 5.41) is 27.7. The predicted octanol–water partition coefficient (Wildman–Crippen LogP) is 0.881. The lowest BCUT2D eigenvalue weighted by Crippen LogP contribution is -2.74. The van der Waals surface area contributed by atoms with Crippen LogP contribution in [0.3, 0.4) is 0 Å². The van der Waals surface area contributed by atoms with Gasteiger partial charge in [-0.3, -0.25) is 24.5 Å². The molecule has 4 rings (SSSR count). The fourth-order valence-corrected chi connectivity index (χ4v) is 7.32. The van der Waals surface area contributed by atoms with E-state index in [1.165, 1.54) is 38.5 Å². The number of carboxylic acid groups (broad SMARTS) is 1. The average molecular weight is 629 g/mol. The van der Waals surface area contributed by atoms with E-state index in [2.05, 4.69) is 31.1 Å². The third-order valence-electron chi connectivity index (χ3n) is 6.60. The Morgan fingerprint density at radius 1 is 1.39 bits per heavy atom. The number of aliphatic carboxylic acids is 1. The number of β-lactam (4-membered cyclic amide) rings is 1. The van der Waals surface area contributed by atoms with Crippen LogP contribution in [0.4, 0.5) is 9.93 Å². The van der Waals surface area contributed by atoms with Crippen molar-refractivity contribution in [1.82, 2.24) is 35.4 Å². The van der Waals surface area contributed by atoms with Crippen LogP contribution in [0.1, 0.15) is 39.0 Å². The highest BCUT2D eigenvalue weighted by Crippen LogP contribution is 2.44. The van der Waals surface area contributed by atoms with Crippen LogP contribution >= 0.6 is 34.9 Å². The maximum absolute atomic E-state index is 13.1. The monoisotopic (exact) mass is 628 g/mol. The number of tetrazole rings is 1. The first kappa shape index (κ1) is 30.5. The number of amides is 3. The van der Waals surface area contributed by atoms with Crippen molar-refractivity contribution in [2.75, 3.05) is 23.4 Å². The molecule has 2 saturated heterocycles. The van der Waals surface area contributed by atoms with Crippen molar-refractivity contribution < 1.29 is 38.6 Å². The summed E-state index contributed by atoms with van der Waals surface area (Å²) in [4.78, 5) is 67.2. The second-order valence-corrected chi connectivity index (χ2v) is 12.8. The number of rotatable bonds is 12. The Balaban J connectivity index is 1.38. The highest BCUT2D eigenvalue weighted by molar-refractivity contribution is 8.00. The number of hydrogen-bond acceptors (Lipinski definition) is 14. The number of carboxylic acids is 1. The maximum atomic E-state index is 13.1. The van der Waals surface area contributed by atoms with E-state index in [1.807, 2.05) is 6.92 Å². The number of nitrogens with zero attached hydrogens (tertiary/aromatic N) is 6. The van der Waals surface area contributed by atoms with Gasteiger partial charge >= 0.3 is 12.1 Å². The zero-order chi connectivity index (χ0) is 29.9. The lowest BCUT2D eigenvalue weighted by molar-refractivity contribution is -0.159. The summed E-state index contributed by atoms with van der Waals surface area (Å²) in [6, 6.07) is -0.949. The fraction of sp³-hybridized carbons (Fsp3) is 0.591. The summed E-state index contributed by atoms with van der Waals surface area (Å²) in [6.07, 6.45) is -1.62. The van der Waals surface area contributed by atoms with E-state index < -0.39 is 52.4 Å². The zero-order valence-electron chi connectivity index (χ0n) is 22.4. The lowest BCUT2D eigenvalue weighted by atomic mass is 9.89. The second-order valence-electron chi connectivity index (χ2n) is 9.93. The predicted molar refractivity (Wildman–Crippen MR) is 146 cm³/mol. The Labute approximate surface area is 246 Å². The van der Waals surface area contributed by atoms with Crippen molar-refractivity contribution in [1.29, 1.82) is 0 Å². The van der Waals surface area contributed by atoms with Crippen LogP contribution in [-0.2, 0) is 35.7 Å². The molecular weight excluding hydrogens is 600 g/mol. The van der Waals surface area contributed by atoms with Gasteiger partial charge in [-0.2, -0.15) is 0 Å². The van der Waals surface area contributed by atoms with Gasteiger partial charge in [0, 0.05) is 30.5 Å². The Morgan fingerprint density at radius 3 is 2.78 bits per heavy atom. The van der Waals surface area contributed by atoms with Gasteiger partial charge in [0.25, 0.3) is 12.4 Å². The van der Waals surface area contributed by atoms with Gasteiger partial charge in [-0.05, 0) is 30.7 Å². The number of carbonyl (C=O) groups is 5. The van der Waals surface area contributed by atoms with Crippen LogP contribution in [0.25, 0.3) is 0 Å². The summed E-state index contributed by atoms with van der Waals surface area (Å²) in [6.45, 7) is 5.41. The van der Waals surface area contributed by atoms with Crippen molar-refractivity contribution in [2.24, 2.45) is 12.5 Å². The van der Waals surface area contributed by atoms with Gasteiger partial charge in [0.15, 0.2) is 5.13 Å².